The predicted molar refractivity (Wildman–Crippen MR) is 69.2 cm³/mol. The zero-order valence-corrected chi connectivity index (χ0v) is 11.3. The molecule has 1 unspecified atom stereocenters. The molecule has 1 aliphatic heterocycles. The maximum atomic E-state index is 12.3. The van der Waals surface area contributed by atoms with Gasteiger partial charge >= 0.3 is 0 Å². The van der Waals surface area contributed by atoms with Crippen molar-refractivity contribution in [3.05, 3.63) is 34.9 Å². The Labute approximate surface area is 105 Å². The van der Waals surface area contributed by atoms with Crippen LogP contribution in [0.3, 0.4) is 0 Å². The number of amides is 1. The van der Waals surface area contributed by atoms with Crippen molar-refractivity contribution < 1.29 is 4.79 Å². The van der Waals surface area contributed by atoms with E-state index in [-0.39, 0.29) is 5.91 Å². The Kier molecular flexibility index (Phi) is 3.33. The maximum Gasteiger partial charge on any atom is 0.254 e. The molecule has 0 aromatic heterocycles. The molecule has 1 fully saturated rings. The lowest BCUT2D eigenvalue weighted by molar-refractivity contribution is 0.0792. The Bertz CT molecular complexity index is 416. The number of hydrogen-bond donors (Lipinski definition) is 0. The van der Waals surface area contributed by atoms with Crippen LogP contribution in [0.25, 0.3) is 0 Å². The summed E-state index contributed by atoms with van der Waals surface area (Å²) in [5.74, 6) is 0.170. The molecule has 2 rings (SSSR count). The summed E-state index contributed by atoms with van der Waals surface area (Å²) < 4.78 is 0. The number of hydrogen-bond acceptors (Lipinski definition) is 1. The lowest BCUT2D eigenvalue weighted by Gasteiger charge is -2.17. The number of alkyl halides is 1. The molecule has 2 nitrogen and oxygen atoms in total. The van der Waals surface area contributed by atoms with Gasteiger partial charge in [0.05, 0.1) is 0 Å². The largest absolute Gasteiger partial charge is 0.337 e. The minimum absolute atomic E-state index is 0.170. The van der Waals surface area contributed by atoms with E-state index in [1.165, 1.54) is 5.56 Å². The summed E-state index contributed by atoms with van der Waals surface area (Å²) in [6.45, 7) is 5.75. The Morgan fingerprint density at radius 1 is 1.44 bits per heavy atom. The van der Waals surface area contributed by atoms with E-state index in [2.05, 4.69) is 15.9 Å². The molecule has 0 N–H and O–H groups in total. The minimum atomic E-state index is 0.170. The number of nitrogens with zero attached hydrogens (tertiary/aromatic N) is 1. The van der Waals surface area contributed by atoms with E-state index in [1.54, 1.807) is 0 Å². The standard InChI is InChI=1S/C13H16BrNO/c1-9-4-3-5-12(10(9)2)13(16)15-7-6-11(14)8-15/h3-5,11H,6-8H2,1-2H3. The van der Waals surface area contributed by atoms with Crippen LogP contribution >= 0.6 is 15.9 Å². The molecule has 0 spiro atoms. The molecule has 0 radical (unpaired) electrons. The number of rotatable bonds is 1. The van der Waals surface area contributed by atoms with Gasteiger partial charge in [-0.2, -0.15) is 0 Å². The Morgan fingerprint density at radius 2 is 2.19 bits per heavy atom. The Balaban J connectivity index is 2.24. The molecule has 0 saturated carbocycles. The van der Waals surface area contributed by atoms with Crippen molar-refractivity contribution in [2.24, 2.45) is 0 Å². The number of halogens is 1. The molecular weight excluding hydrogens is 266 g/mol. The van der Waals surface area contributed by atoms with Crippen LogP contribution < -0.4 is 0 Å². The zero-order valence-electron chi connectivity index (χ0n) is 9.66. The average Bonchev–Trinajstić information content (AvgIpc) is 2.68. The van der Waals surface area contributed by atoms with E-state index in [9.17, 15) is 4.79 Å². The van der Waals surface area contributed by atoms with Crippen molar-refractivity contribution in [1.82, 2.24) is 4.90 Å². The van der Waals surface area contributed by atoms with Crippen LogP contribution in [0, 0.1) is 13.8 Å². The van der Waals surface area contributed by atoms with Gasteiger partial charge in [0.1, 0.15) is 0 Å². The van der Waals surface area contributed by atoms with E-state index in [4.69, 9.17) is 0 Å². The van der Waals surface area contributed by atoms with Gasteiger partial charge in [0.15, 0.2) is 0 Å². The number of carbonyl (C=O) groups excluding carboxylic acids is 1. The highest BCUT2D eigenvalue weighted by molar-refractivity contribution is 9.09. The van der Waals surface area contributed by atoms with Crippen LogP contribution in [0.2, 0.25) is 0 Å². The smallest absolute Gasteiger partial charge is 0.254 e. The van der Waals surface area contributed by atoms with E-state index in [0.29, 0.717) is 4.83 Å². The second-order valence-corrected chi connectivity index (χ2v) is 5.68. The molecule has 1 amide bonds. The second kappa shape index (κ2) is 4.58. The van der Waals surface area contributed by atoms with Crippen molar-refractivity contribution in [3.63, 3.8) is 0 Å². The van der Waals surface area contributed by atoms with Gasteiger partial charge < -0.3 is 4.90 Å². The molecule has 3 heteroatoms. The van der Waals surface area contributed by atoms with Crippen LogP contribution in [0.1, 0.15) is 27.9 Å². The highest BCUT2D eigenvalue weighted by Crippen LogP contribution is 2.21. The van der Waals surface area contributed by atoms with Gasteiger partial charge in [0.25, 0.3) is 5.91 Å². The van der Waals surface area contributed by atoms with Gasteiger partial charge in [-0.05, 0) is 37.5 Å². The van der Waals surface area contributed by atoms with Crippen molar-refractivity contribution in [2.45, 2.75) is 25.1 Å². The SMILES string of the molecule is Cc1cccc(C(=O)N2CCC(Br)C2)c1C. The van der Waals surface area contributed by atoms with Gasteiger partial charge in [-0.1, -0.05) is 28.1 Å². The first-order chi connectivity index (χ1) is 7.59. The fourth-order valence-corrected chi connectivity index (χ4v) is 2.61. The zero-order chi connectivity index (χ0) is 11.7. The predicted octanol–water partition coefficient (Wildman–Crippen LogP) is 2.91. The van der Waals surface area contributed by atoms with E-state index in [0.717, 1.165) is 30.6 Å². The molecule has 1 aromatic carbocycles. The highest BCUT2D eigenvalue weighted by atomic mass is 79.9. The van der Waals surface area contributed by atoms with Crippen molar-refractivity contribution in [3.8, 4) is 0 Å². The molecule has 1 heterocycles. The summed E-state index contributed by atoms with van der Waals surface area (Å²) >= 11 is 3.56. The summed E-state index contributed by atoms with van der Waals surface area (Å²) in [5.41, 5.74) is 3.13. The van der Waals surface area contributed by atoms with Gasteiger partial charge in [-0.15, -0.1) is 0 Å². The summed E-state index contributed by atoms with van der Waals surface area (Å²) in [4.78, 5) is 14.7. The summed E-state index contributed by atoms with van der Waals surface area (Å²) in [6, 6.07) is 5.92. The van der Waals surface area contributed by atoms with Crippen LogP contribution in [0.15, 0.2) is 18.2 Å². The van der Waals surface area contributed by atoms with Crippen LogP contribution in [-0.4, -0.2) is 28.7 Å². The molecule has 16 heavy (non-hydrogen) atoms. The first-order valence-corrected chi connectivity index (χ1v) is 6.50. The topological polar surface area (TPSA) is 20.3 Å². The first kappa shape index (κ1) is 11.6. The molecular formula is C13H16BrNO. The quantitative estimate of drug-likeness (QED) is 0.725. The van der Waals surface area contributed by atoms with Crippen LogP contribution in [-0.2, 0) is 0 Å². The van der Waals surface area contributed by atoms with Gasteiger partial charge in [0.2, 0.25) is 0 Å². The van der Waals surface area contributed by atoms with Gasteiger partial charge in [0, 0.05) is 23.5 Å². The lowest BCUT2D eigenvalue weighted by atomic mass is 10.0. The molecule has 1 aliphatic rings. The Hall–Kier alpha value is -0.830. The monoisotopic (exact) mass is 281 g/mol. The highest BCUT2D eigenvalue weighted by Gasteiger charge is 2.25. The molecule has 86 valence electrons. The Morgan fingerprint density at radius 3 is 2.81 bits per heavy atom. The first-order valence-electron chi connectivity index (χ1n) is 5.59. The van der Waals surface area contributed by atoms with Crippen molar-refractivity contribution in [1.29, 1.82) is 0 Å². The maximum absolute atomic E-state index is 12.3. The lowest BCUT2D eigenvalue weighted by Crippen LogP contribution is -2.29. The van der Waals surface area contributed by atoms with E-state index < -0.39 is 0 Å². The van der Waals surface area contributed by atoms with Crippen LogP contribution in [0.4, 0.5) is 0 Å². The summed E-state index contributed by atoms with van der Waals surface area (Å²) in [5, 5.41) is 0. The fraction of sp³-hybridized carbons (Fsp3) is 0.462. The van der Waals surface area contributed by atoms with Gasteiger partial charge in [-0.3, -0.25) is 4.79 Å². The number of benzene rings is 1. The average molecular weight is 282 g/mol. The normalized spacial score (nSPS) is 20.2. The third-order valence-corrected chi connectivity index (χ3v) is 4.00. The summed E-state index contributed by atoms with van der Waals surface area (Å²) in [6.07, 6.45) is 1.05. The number of likely N-dealkylation sites (tertiary alicyclic amines) is 1. The molecule has 1 saturated heterocycles. The fourth-order valence-electron chi connectivity index (χ4n) is 2.06. The van der Waals surface area contributed by atoms with Crippen LogP contribution in [0.5, 0.6) is 0 Å². The van der Waals surface area contributed by atoms with Crippen molar-refractivity contribution >= 4 is 21.8 Å². The molecule has 0 aliphatic carbocycles. The number of carbonyl (C=O) groups is 1. The van der Waals surface area contributed by atoms with E-state index >= 15 is 0 Å². The second-order valence-electron chi connectivity index (χ2n) is 4.38. The third kappa shape index (κ3) is 2.14. The molecule has 1 atom stereocenters. The molecule has 0 bridgehead atoms. The van der Waals surface area contributed by atoms with E-state index in [1.807, 2.05) is 36.9 Å². The summed E-state index contributed by atoms with van der Waals surface area (Å²) in [7, 11) is 0. The number of aryl methyl sites for hydroxylation is 1. The molecule has 1 aromatic rings. The minimum Gasteiger partial charge on any atom is -0.337 e. The third-order valence-electron chi connectivity index (χ3n) is 3.25. The van der Waals surface area contributed by atoms with Gasteiger partial charge in [-0.25, -0.2) is 0 Å². The van der Waals surface area contributed by atoms with Crippen molar-refractivity contribution in [2.75, 3.05) is 13.1 Å².